The van der Waals surface area contributed by atoms with Gasteiger partial charge < -0.3 is 9.73 Å². The van der Waals surface area contributed by atoms with Crippen LogP contribution in [0.5, 0.6) is 0 Å². The summed E-state index contributed by atoms with van der Waals surface area (Å²) in [4.78, 5) is 13.8. The molecule has 1 amide bonds. The maximum absolute atomic E-state index is 11.9. The average Bonchev–Trinajstić information content (AvgIpc) is 2.77. The number of furan rings is 1. The number of rotatable bonds is 5. The molecule has 0 aliphatic rings. The molecular weight excluding hydrogens is 367 g/mol. The lowest BCUT2D eigenvalue weighted by atomic mass is 10.3. The van der Waals surface area contributed by atoms with Crippen LogP contribution in [0, 0.1) is 10.5 Å². The van der Waals surface area contributed by atoms with E-state index in [0.717, 1.165) is 20.8 Å². The first kappa shape index (κ1) is 15.1. The van der Waals surface area contributed by atoms with Crippen LogP contribution in [0.15, 0.2) is 40.8 Å². The van der Waals surface area contributed by atoms with Crippen molar-refractivity contribution >= 4 is 34.2 Å². The minimum atomic E-state index is -0.0306. The topological polar surface area (TPSA) is 45.5 Å². The minimum absolute atomic E-state index is 0.0306. The Bertz CT molecular complexity index is 578. The Kier molecular flexibility index (Phi) is 5.19. The summed E-state index contributed by atoms with van der Waals surface area (Å²) in [5, 5.41) is 2.88. The number of likely N-dealkylation sites (N-methyl/N-ethyl adjacent to an activating group) is 1. The number of nitrogens with zero attached hydrogens (tertiary/aromatic N) is 1. The molecule has 1 N–H and O–H groups in total. The molecule has 0 aliphatic carbocycles. The Hall–Kier alpha value is -1.34. The Morgan fingerprint density at radius 1 is 1.25 bits per heavy atom. The zero-order valence-electron chi connectivity index (χ0n) is 11.5. The zero-order chi connectivity index (χ0) is 14.5. The fourth-order valence-corrected chi connectivity index (χ4v) is 2.23. The van der Waals surface area contributed by atoms with Crippen LogP contribution in [0.4, 0.5) is 5.69 Å². The number of aryl methyl sites for hydroxylation is 1. The maximum Gasteiger partial charge on any atom is 0.238 e. The number of carbonyl (C=O) groups excluding carboxylic acids is 1. The number of hydrogen-bond acceptors (Lipinski definition) is 3. The number of carbonyl (C=O) groups is 1. The molecule has 1 aromatic heterocycles. The smallest absolute Gasteiger partial charge is 0.238 e. The lowest BCUT2D eigenvalue weighted by Crippen LogP contribution is -2.29. The quantitative estimate of drug-likeness (QED) is 0.805. The zero-order valence-corrected chi connectivity index (χ0v) is 13.7. The summed E-state index contributed by atoms with van der Waals surface area (Å²) in [7, 11) is 1.89. The van der Waals surface area contributed by atoms with Crippen molar-refractivity contribution in [2.24, 2.45) is 0 Å². The lowest BCUT2D eigenvalue weighted by Gasteiger charge is -2.14. The second-order valence-corrected chi connectivity index (χ2v) is 5.99. The number of amides is 1. The molecule has 0 fully saturated rings. The van der Waals surface area contributed by atoms with E-state index in [4.69, 9.17) is 4.42 Å². The van der Waals surface area contributed by atoms with E-state index in [9.17, 15) is 4.79 Å². The van der Waals surface area contributed by atoms with Crippen molar-refractivity contribution in [1.82, 2.24) is 4.90 Å². The van der Waals surface area contributed by atoms with Gasteiger partial charge in [-0.15, -0.1) is 0 Å². The number of anilines is 1. The van der Waals surface area contributed by atoms with Gasteiger partial charge in [-0.1, -0.05) is 0 Å². The number of hydrogen-bond donors (Lipinski definition) is 1. The van der Waals surface area contributed by atoms with Gasteiger partial charge in [-0.05, 0) is 73.0 Å². The highest BCUT2D eigenvalue weighted by Gasteiger charge is 2.09. The first-order valence-electron chi connectivity index (χ1n) is 6.32. The summed E-state index contributed by atoms with van der Waals surface area (Å²) in [5.41, 5.74) is 0.817. The molecule has 0 bridgehead atoms. The second-order valence-electron chi connectivity index (χ2n) is 4.74. The molecule has 2 rings (SSSR count). The van der Waals surface area contributed by atoms with Crippen LogP contribution in [0.1, 0.15) is 11.5 Å². The van der Waals surface area contributed by atoms with Crippen molar-refractivity contribution in [2.45, 2.75) is 13.5 Å². The van der Waals surface area contributed by atoms with Gasteiger partial charge in [0.2, 0.25) is 5.91 Å². The van der Waals surface area contributed by atoms with Gasteiger partial charge in [0.1, 0.15) is 11.5 Å². The van der Waals surface area contributed by atoms with Crippen LogP contribution in [-0.4, -0.2) is 24.4 Å². The van der Waals surface area contributed by atoms with Gasteiger partial charge in [0.15, 0.2) is 0 Å². The van der Waals surface area contributed by atoms with Crippen LogP contribution >= 0.6 is 22.6 Å². The van der Waals surface area contributed by atoms with E-state index in [2.05, 4.69) is 27.9 Å². The van der Waals surface area contributed by atoms with Gasteiger partial charge in [-0.3, -0.25) is 9.69 Å². The molecule has 1 aromatic carbocycles. The molecule has 1 heterocycles. The third kappa shape index (κ3) is 4.64. The third-order valence-electron chi connectivity index (χ3n) is 2.76. The van der Waals surface area contributed by atoms with Crippen LogP contribution < -0.4 is 5.32 Å². The average molecular weight is 384 g/mol. The molecule has 0 spiro atoms. The largest absolute Gasteiger partial charge is 0.465 e. The highest BCUT2D eigenvalue weighted by molar-refractivity contribution is 14.1. The summed E-state index contributed by atoms with van der Waals surface area (Å²) in [6.45, 7) is 2.85. The van der Waals surface area contributed by atoms with E-state index in [-0.39, 0.29) is 5.91 Å². The van der Waals surface area contributed by atoms with Gasteiger partial charge in [0, 0.05) is 9.26 Å². The summed E-state index contributed by atoms with van der Waals surface area (Å²) in [6, 6.07) is 11.6. The summed E-state index contributed by atoms with van der Waals surface area (Å²) in [6.07, 6.45) is 0. The summed E-state index contributed by atoms with van der Waals surface area (Å²) in [5.74, 6) is 1.72. The maximum atomic E-state index is 11.9. The Morgan fingerprint density at radius 3 is 2.55 bits per heavy atom. The second kappa shape index (κ2) is 6.90. The molecule has 0 saturated heterocycles. The van der Waals surface area contributed by atoms with Crippen LogP contribution in [0.2, 0.25) is 0 Å². The van der Waals surface area contributed by atoms with E-state index in [1.54, 1.807) is 0 Å². The van der Waals surface area contributed by atoms with Crippen molar-refractivity contribution in [1.29, 1.82) is 0 Å². The molecule has 0 aliphatic heterocycles. The van der Waals surface area contributed by atoms with Crippen molar-refractivity contribution in [2.75, 3.05) is 18.9 Å². The monoisotopic (exact) mass is 384 g/mol. The molecule has 106 valence electrons. The van der Waals surface area contributed by atoms with E-state index in [1.165, 1.54) is 0 Å². The van der Waals surface area contributed by atoms with Crippen LogP contribution in [0.3, 0.4) is 0 Å². The number of halogens is 1. The fourth-order valence-electron chi connectivity index (χ4n) is 1.87. The first-order valence-corrected chi connectivity index (χ1v) is 7.40. The van der Waals surface area contributed by atoms with Gasteiger partial charge in [-0.25, -0.2) is 0 Å². The third-order valence-corrected chi connectivity index (χ3v) is 3.48. The van der Waals surface area contributed by atoms with Crippen molar-refractivity contribution in [3.05, 3.63) is 51.5 Å². The van der Waals surface area contributed by atoms with Crippen LogP contribution in [-0.2, 0) is 11.3 Å². The minimum Gasteiger partial charge on any atom is -0.465 e. The van der Waals surface area contributed by atoms with Crippen molar-refractivity contribution < 1.29 is 9.21 Å². The van der Waals surface area contributed by atoms with Crippen LogP contribution in [0.25, 0.3) is 0 Å². The molecular formula is C15H17IN2O2. The standard InChI is InChI=1S/C15H17IN2O2/c1-11-3-8-14(20-11)9-18(2)10-15(19)17-13-6-4-12(16)5-7-13/h3-8H,9-10H2,1-2H3,(H,17,19). The SMILES string of the molecule is Cc1ccc(CN(C)CC(=O)Nc2ccc(I)cc2)o1. The lowest BCUT2D eigenvalue weighted by molar-refractivity contribution is -0.117. The Balaban J connectivity index is 1.83. The highest BCUT2D eigenvalue weighted by Crippen LogP contribution is 2.12. The Morgan fingerprint density at radius 2 is 1.95 bits per heavy atom. The summed E-state index contributed by atoms with van der Waals surface area (Å²) >= 11 is 2.23. The molecule has 0 atom stereocenters. The summed E-state index contributed by atoms with van der Waals surface area (Å²) < 4.78 is 6.64. The molecule has 20 heavy (non-hydrogen) atoms. The van der Waals surface area contributed by atoms with E-state index < -0.39 is 0 Å². The van der Waals surface area contributed by atoms with E-state index in [0.29, 0.717) is 13.1 Å². The molecule has 0 saturated carbocycles. The van der Waals surface area contributed by atoms with Gasteiger partial charge >= 0.3 is 0 Å². The van der Waals surface area contributed by atoms with Gasteiger partial charge in [0.05, 0.1) is 13.1 Å². The number of benzene rings is 1. The Labute approximate surface area is 132 Å². The van der Waals surface area contributed by atoms with Gasteiger partial charge in [0.25, 0.3) is 0 Å². The van der Waals surface area contributed by atoms with E-state index >= 15 is 0 Å². The predicted molar refractivity (Wildman–Crippen MR) is 87.6 cm³/mol. The number of nitrogens with one attached hydrogen (secondary N) is 1. The molecule has 2 aromatic rings. The predicted octanol–water partition coefficient (Wildman–Crippen LogP) is 3.26. The van der Waals surface area contributed by atoms with Crippen molar-refractivity contribution in [3.63, 3.8) is 0 Å². The molecule has 0 radical (unpaired) electrons. The van der Waals surface area contributed by atoms with Crippen molar-refractivity contribution in [3.8, 4) is 0 Å². The molecule has 4 nitrogen and oxygen atoms in total. The molecule has 0 unspecified atom stereocenters. The normalized spacial score (nSPS) is 10.8. The highest BCUT2D eigenvalue weighted by atomic mass is 127. The van der Waals surface area contributed by atoms with E-state index in [1.807, 2.05) is 55.3 Å². The molecule has 5 heteroatoms. The first-order chi connectivity index (χ1) is 9.52. The fraction of sp³-hybridized carbons (Fsp3) is 0.267. The van der Waals surface area contributed by atoms with Gasteiger partial charge in [-0.2, -0.15) is 0 Å².